The second-order valence-electron chi connectivity index (χ2n) is 4.77. The van der Waals surface area contributed by atoms with Crippen molar-refractivity contribution in [2.45, 2.75) is 32.9 Å². The molecule has 0 aromatic heterocycles. The standard InChI is InChI=1S/C14H21N3/c1-3-11(2)13-9-16-14(15)17(13)10-12-7-5-4-6-8-12/h4-8,11,13H,3,9-10H2,1-2H3,(H2,15,16). The number of benzene rings is 1. The number of hydrogen-bond acceptors (Lipinski definition) is 3. The molecule has 0 amide bonds. The van der Waals surface area contributed by atoms with E-state index in [0.717, 1.165) is 13.1 Å². The first kappa shape index (κ1) is 12.0. The molecular formula is C14H21N3. The van der Waals surface area contributed by atoms with Crippen LogP contribution >= 0.6 is 0 Å². The highest BCUT2D eigenvalue weighted by atomic mass is 15.3. The van der Waals surface area contributed by atoms with Gasteiger partial charge in [-0.05, 0) is 11.5 Å². The summed E-state index contributed by atoms with van der Waals surface area (Å²) >= 11 is 0. The number of nitrogens with two attached hydrogens (primary N) is 1. The fourth-order valence-electron chi connectivity index (χ4n) is 2.28. The zero-order chi connectivity index (χ0) is 12.3. The molecule has 0 saturated carbocycles. The highest BCUT2D eigenvalue weighted by Crippen LogP contribution is 2.21. The summed E-state index contributed by atoms with van der Waals surface area (Å²) in [6.07, 6.45) is 1.17. The van der Waals surface area contributed by atoms with Crippen LogP contribution in [-0.2, 0) is 6.54 Å². The quantitative estimate of drug-likeness (QED) is 0.863. The number of rotatable bonds is 4. The van der Waals surface area contributed by atoms with E-state index in [1.165, 1.54) is 12.0 Å². The highest BCUT2D eigenvalue weighted by molar-refractivity contribution is 5.80. The molecule has 0 radical (unpaired) electrons. The zero-order valence-electron chi connectivity index (χ0n) is 10.6. The molecule has 2 rings (SSSR count). The van der Waals surface area contributed by atoms with Crippen molar-refractivity contribution in [3.63, 3.8) is 0 Å². The smallest absolute Gasteiger partial charge is 0.191 e. The second-order valence-corrected chi connectivity index (χ2v) is 4.77. The molecule has 1 aromatic rings. The third-order valence-electron chi connectivity index (χ3n) is 3.63. The Morgan fingerprint density at radius 2 is 2.12 bits per heavy atom. The molecule has 2 atom stereocenters. The highest BCUT2D eigenvalue weighted by Gasteiger charge is 2.29. The van der Waals surface area contributed by atoms with Gasteiger partial charge in [0.1, 0.15) is 0 Å². The predicted octanol–water partition coefficient (Wildman–Crippen LogP) is 2.23. The summed E-state index contributed by atoms with van der Waals surface area (Å²) in [6.45, 7) is 6.20. The lowest BCUT2D eigenvalue weighted by Crippen LogP contribution is -2.43. The van der Waals surface area contributed by atoms with Crippen molar-refractivity contribution in [2.24, 2.45) is 16.6 Å². The first-order valence-electron chi connectivity index (χ1n) is 6.33. The van der Waals surface area contributed by atoms with Crippen molar-refractivity contribution < 1.29 is 0 Å². The lowest BCUT2D eigenvalue weighted by Gasteiger charge is -2.30. The third kappa shape index (κ3) is 2.60. The Morgan fingerprint density at radius 3 is 2.76 bits per heavy atom. The maximum absolute atomic E-state index is 5.99. The molecule has 92 valence electrons. The summed E-state index contributed by atoms with van der Waals surface area (Å²) in [6, 6.07) is 10.9. The summed E-state index contributed by atoms with van der Waals surface area (Å²) < 4.78 is 0. The Labute approximate surface area is 103 Å². The Morgan fingerprint density at radius 1 is 1.41 bits per heavy atom. The minimum atomic E-state index is 0.459. The van der Waals surface area contributed by atoms with Crippen molar-refractivity contribution in [1.82, 2.24) is 4.90 Å². The van der Waals surface area contributed by atoms with Gasteiger partial charge >= 0.3 is 0 Å². The lowest BCUT2D eigenvalue weighted by atomic mass is 9.98. The van der Waals surface area contributed by atoms with Gasteiger partial charge in [-0.2, -0.15) is 0 Å². The van der Waals surface area contributed by atoms with Crippen molar-refractivity contribution >= 4 is 5.96 Å². The van der Waals surface area contributed by atoms with Crippen molar-refractivity contribution in [3.8, 4) is 0 Å². The topological polar surface area (TPSA) is 41.6 Å². The molecule has 1 aliphatic heterocycles. The van der Waals surface area contributed by atoms with E-state index in [0.29, 0.717) is 17.9 Å². The summed E-state index contributed by atoms with van der Waals surface area (Å²) in [5, 5.41) is 0. The average molecular weight is 231 g/mol. The van der Waals surface area contributed by atoms with Crippen LogP contribution in [-0.4, -0.2) is 23.4 Å². The Hall–Kier alpha value is -1.51. The van der Waals surface area contributed by atoms with Crippen molar-refractivity contribution in [1.29, 1.82) is 0 Å². The summed E-state index contributed by atoms with van der Waals surface area (Å²) in [4.78, 5) is 6.62. The maximum Gasteiger partial charge on any atom is 0.191 e. The van der Waals surface area contributed by atoms with Crippen LogP contribution in [0.15, 0.2) is 35.3 Å². The summed E-state index contributed by atoms with van der Waals surface area (Å²) in [7, 11) is 0. The normalized spacial score (nSPS) is 21.4. The van der Waals surface area contributed by atoms with Crippen LogP contribution in [0, 0.1) is 5.92 Å². The van der Waals surface area contributed by atoms with Crippen LogP contribution in [0.2, 0.25) is 0 Å². The number of nitrogens with zero attached hydrogens (tertiary/aromatic N) is 2. The maximum atomic E-state index is 5.99. The van der Waals surface area contributed by atoms with Crippen molar-refractivity contribution in [3.05, 3.63) is 35.9 Å². The molecule has 3 heteroatoms. The fraction of sp³-hybridized carbons (Fsp3) is 0.500. The minimum Gasteiger partial charge on any atom is -0.370 e. The van der Waals surface area contributed by atoms with Gasteiger partial charge < -0.3 is 10.6 Å². The molecule has 0 bridgehead atoms. The molecule has 2 unspecified atom stereocenters. The number of hydrogen-bond donors (Lipinski definition) is 1. The second kappa shape index (κ2) is 5.21. The van der Waals surface area contributed by atoms with E-state index in [-0.39, 0.29) is 0 Å². The number of aliphatic imine (C=N–C) groups is 1. The van der Waals surface area contributed by atoms with Gasteiger partial charge in [0.05, 0.1) is 12.6 Å². The van der Waals surface area contributed by atoms with E-state index in [9.17, 15) is 0 Å². The molecule has 1 aromatic carbocycles. The van der Waals surface area contributed by atoms with Gasteiger partial charge in [0.2, 0.25) is 0 Å². The predicted molar refractivity (Wildman–Crippen MR) is 71.7 cm³/mol. The lowest BCUT2D eigenvalue weighted by molar-refractivity contribution is 0.251. The van der Waals surface area contributed by atoms with Crippen LogP contribution in [0.25, 0.3) is 0 Å². The van der Waals surface area contributed by atoms with Gasteiger partial charge in [-0.15, -0.1) is 0 Å². The van der Waals surface area contributed by atoms with Crippen LogP contribution < -0.4 is 5.73 Å². The molecule has 1 heterocycles. The van der Waals surface area contributed by atoms with Gasteiger partial charge in [0, 0.05) is 6.54 Å². The van der Waals surface area contributed by atoms with Crippen LogP contribution in [0.5, 0.6) is 0 Å². The van der Waals surface area contributed by atoms with Crippen molar-refractivity contribution in [2.75, 3.05) is 6.54 Å². The third-order valence-corrected chi connectivity index (χ3v) is 3.63. The molecule has 17 heavy (non-hydrogen) atoms. The van der Waals surface area contributed by atoms with E-state index in [1.807, 2.05) is 6.07 Å². The van der Waals surface area contributed by atoms with Gasteiger partial charge in [-0.25, -0.2) is 0 Å². The van der Waals surface area contributed by atoms with Crippen LogP contribution in [0.4, 0.5) is 0 Å². The average Bonchev–Trinajstić information content (AvgIpc) is 2.72. The van der Waals surface area contributed by atoms with Gasteiger partial charge in [-0.1, -0.05) is 50.6 Å². The first-order chi connectivity index (χ1) is 8.22. The Kier molecular flexibility index (Phi) is 3.67. The molecule has 0 aliphatic carbocycles. The van der Waals surface area contributed by atoms with Crippen LogP contribution in [0.1, 0.15) is 25.8 Å². The molecule has 3 nitrogen and oxygen atoms in total. The van der Waals surface area contributed by atoms with Gasteiger partial charge in [0.15, 0.2) is 5.96 Å². The Balaban J connectivity index is 2.09. The minimum absolute atomic E-state index is 0.459. The van der Waals surface area contributed by atoms with E-state index in [4.69, 9.17) is 5.73 Å². The van der Waals surface area contributed by atoms with Gasteiger partial charge in [-0.3, -0.25) is 4.99 Å². The van der Waals surface area contributed by atoms with E-state index >= 15 is 0 Å². The molecule has 0 fully saturated rings. The van der Waals surface area contributed by atoms with Crippen LogP contribution in [0.3, 0.4) is 0 Å². The summed E-state index contributed by atoms with van der Waals surface area (Å²) in [5.74, 6) is 1.32. The number of guanidine groups is 1. The van der Waals surface area contributed by atoms with E-state index < -0.39 is 0 Å². The largest absolute Gasteiger partial charge is 0.370 e. The molecule has 1 aliphatic rings. The van der Waals surface area contributed by atoms with Gasteiger partial charge in [0.25, 0.3) is 0 Å². The summed E-state index contributed by atoms with van der Waals surface area (Å²) in [5.41, 5.74) is 7.28. The first-order valence-corrected chi connectivity index (χ1v) is 6.33. The molecule has 0 spiro atoms. The molecular weight excluding hydrogens is 210 g/mol. The SMILES string of the molecule is CCC(C)C1CN=C(N)N1Cc1ccccc1. The monoisotopic (exact) mass is 231 g/mol. The van der Waals surface area contributed by atoms with E-state index in [1.54, 1.807) is 0 Å². The van der Waals surface area contributed by atoms with E-state index in [2.05, 4.69) is 48.0 Å². The molecule has 2 N–H and O–H groups in total. The molecule has 0 saturated heterocycles. The Bertz CT molecular complexity index is 386. The zero-order valence-corrected chi connectivity index (χ0v) is 10.6. The fourth-order valence-corrected chi connectivity index (χ4v) is 2.28.